The van der Waals surface area contributed by atoms with Gasteiger partial charge in [0.25, 0.3) is 0 Å². The summed E-state index contributed by atoms with van der Waals surface area (Å²) in [5.41, 5.74) is 1.07. The molecular weight excluding hydrogens is 234 g/mol. The third-order valence-corrected chi connectivity index (χ3v) is 1.81. The number of benzene rings is 2. The molecule has 0 unspecified atom stereocenters. The Bertz CT molecular complexity index is 393. The molecule has 0 saturated heterocycles. The van der Waals surface area contributed by atoms with E-state index in [1.165, 1.54) is 10.8 Å². The van der Waals surface area contributed by atoms with Gasteiger partial charge in [-0.2, -0.15) is 24.6 Å². The Balaban J connectivity index is -0.000000360. The summed E-state index contributed by atoms with van der Waals surface area (Å²) in [4.78, 5) is 0. The molecule has 0 saturated carbocycles. The molecule has 0 amide bonds. The number of hydrogen-bond acceptors (Lipinski definition) is 0. The molecule has 0 N–H and O–H groups in total. The van der Waals surface area contributed by atoms with Crippen LogP contribution in [0.25, 0.3) is 10.8 Å². The molecule has 0 aliphatic rings. The van der Waals surface area contributed by atoms with Crippen LogP contribution in [0.4, 0.5) is 0 Å². The summed E-state index contributed by atoms with van der Waals surface area (Å²) in [6, 6.07) is 14.5. The van der Waals surface area contributed by atoms with E-state index in [1.807, 2.05) is 18.2 Å². The van der Waals surface area contributed by atoms with E-state index in [1.54, 1.807) is 0 Å². The van der Waals surface area contributed by atoms with E-state index >= 15 is 0 Å². The maximum atomic E-state index is 3.87. The molecular formula is C11H9Cl2LiMg. The second kappa shape index (κ2) is 9.72. The Morgan fingerprint density at radius 1 is 0.800 bits per heavy atom. The first kappa shape index (κ1) is 20.9. The van der Waals surface area contributed by atoms with Gasteiger partial charge in [-0.05, 0) is 5.39 Å². The van der Waals surface area contributed by atoms with E-state index in [0.29, 0.717) is 0 Å². The second-order valence-electron chi connectivity index (χ2n) is 2.68. The standard InChI is InChI=1S/C11H9.2ClH.Li.Mg/c1-9-6-7-10-4-2-3-5-11(10)8-9;;;;/h2-8H,1H2;2*1H;;/q-1;;;+1;+2/p-2. The van der Waals surface area contributed by atoms with Gasteiger partial charge in [-0.1, -0.05) is 29.7 Å². The molecule has 2 rings (SSSR count). The van der Waals surface area contributed by atoms with Gasteiger partial charge in [-0.15, -0.1) is 6.07 Å². The van der Waals surface area contributed by atoms with Gasteiger partial charge < -0.3 is 24.8 Å². The van der Waals surface area contributed by atoms with E-state index in [2.05, 4.69) is 31.2 Å². The van der Waals surface area contributed by atoms with E-state index in [-0.39, 0.29) is 66.7 Å². The minimum atomic E-state index is 0. The molecule has 0 aliphatic carbocycles. The normalized spacial score (nSPS) is 7.47. The molecule has 0 radical (unpaired) electrons. The molecule has 0 heterocycles. The second-order valence-corrected chi connectivity index (χ2v) is 2.68. The van der Waals surface area contributed by atoms with Crippen LogP contribution >= 0.6 is 0 Å². The van der Waals surface area contributed by atoms with E-state index < -0.39 is 0 Å². The zero-order chi connectivity index (χ0) is 7.68. The minimum Gasteiger partial charge on any atom is -1.00 e. The molecule has 15 heavy (non-hydrogen) atoms. The van der Waals surface area contributed by atoms with Crippen molar-refractivity contribution >= 4 is 33.8 Å². The zero-order valence-electron chi connectivity index (χ0n) is 8.71. The SMILES string of the molecule is [CH2-]c1ccc2ccccc2c1.[Cl-].[Cl-].[Li+].[Mg+2]. The first-order valence-corrected chi connectivity index (χ1v) is 3.67. The van der Waals surface area contributed by atoms with Gasteiger partial charge in [0.15, 0.2) is 0 Å². The molecule has 0 atom stereocenters. The van der Waals surface area contributed by atoms with E-state index in [9.17, 15) is 0 Å². The average Bonchev–Trinajstić information content (AvgIpc) is 2.04. The minimum absolute atomic E-state index is 0. The van der Waals surface area contributed by atoms with Crippen LogP contribution in [0.5, 0.6) is 0 Å². The van der Waals surface area contributed by atoms with Gasteiger partial charge in [0.05, 0.1) is 0 Å². The Hall–Kier alpha value is 0.514. The Kier molecular flexibility index (Phi) is 13.5. The number of rotatable bonds is 0. The van der Waals surface area contributed by atoms with Gasteiger partial charge >= 0.3 is 41.9 Å². The van der Waals surface area contributed by atoms with Crippen molar-refractivity contribution < 1.29 is 43.7 Å². The predicted molar refractivity (Wildman–Crippen MR) is 54.2 cm³/mol. The number of hydrogen-bond donors (Lipinski definition) is 0. The van der Waals surface area contributed by atoms with Crippen LogP contribution in [0.3, 0.4) is 0 Å². The van der Waals surface area contributed by atoms with Crippen LogP contribution in [0, 0.1) is 6.92 Å². The van der Waals surface area contributed by atoms with Crippen molar-refractivity contribution in [1.29, 1.82) is 0 Å². The van der Waals surface area contributed by atoms with Crippen LogP contribution in [0.2, 0.25) is 0 Å². The topological polar surface area (TPSA) is 0 Å². The van der Waals surface area contributed by atoms with Crippen molar-refractivity contribution in [2.24, 2.45) is 0 Å². The van der Waals surface area contributed by atoms with Crippen molar-refractivity contribution in [2.75, 3.05) is 0 Å². The molecule has 70 valence electrons. The molecule has 2 aromatic rings. The maximum absolute atomic E-state index is 3.87. The van der Waals surface area contributed by atoms with Gasteiger partial charge in [0.2, 0.25) is 0 Å². The Morgan fingerprint density at radius 3 is 1.93 bits per heavy atom. The fourth-order valence-electron chi connectivity index (χ4n) is 1.24. The average molecular weight is 243 g/mol. The summed E-state index contributed by atoms with van der Waals surface area (Å²) in [5, 5.41) is 2.54. The molecule has 0 spiro atoms. The fraction of sp³-hybridized carbons (Fsp3) is 0. The van der Waals surface area contributed by atoms with Crippen LogP contribution in [0.15, 0.2) is 42.5 Å². The van der Waals surface area contributed by atoms with Crippen molar-refractivity contribution in [2.45, 2.75) is 0 Å². The van der Waals surface area contributed by atoms with Crippen LogP contribution in [-0.2, 0) is 0 Å². The predicted octanol–water partition coefficient (Wildman–Crippen LogP) is -6.35. The Morgan fingerprint density at radius 2 is 1.33 bits per heavy atom. The summed E-state index contributed by atoms with van der Waals surface area (Å²) in [6.07, 6.45) is 0. The van der Waals surface area contributed by atoms with Crippen LogP contribution in [0.1, 0.15) is 5.56 Å². The molecule has 2 aromatic carbocycles. The van der Waals surface area contributed by atoms with Crippen molar-refractivity contribution in [3.05, 3.63) is 55.0 Å². The first-order valence-electron chi connectivity index (χ1n) is 3.67. The molecule has 0 aliphatic heterocycles. The summed E-state index contributed by atoms with van der Waals surface area (Å²) in [7, 11) is 0. The fourth-order valence-corrected chi connectivity index (χ4v) is 1.24. The summed E-state index contributed by atoms with van der Waals surface area (Å²) in [6.45, 7) is 3.87. The Labute approximate surface area is 131 Å². The van der Waals surface area contributed by atoms with Gasteiger partial charge in [0, 0.05) is 0 Å². The monoisotopic (exact) mass is 242 g/mol. The van der Waals surface area contributed by atoms with E-state index in [0.717, 1.165) is 5.56 Å². The van der Waals surface area contributed by atoms with Crippen molar-refractivity contribution in [3.63, 3.8) is 0 Å². The summed E-state index contributed by atoms with van der Waals surface area (Å²) >= 11 is 0. The number of halogens is 2. The quantitative estimate of drug-likeness (QED) is 0.319. The van der Waals surface area contributed by atoms with Crippen LogP contribution in [-0.4, -0.2) is 23.1 Å². The third-order valence-electron chi connectivity index (χ3n) is 1.81. The van der Waals surface area contributed by atoms with Gasteiger partial charge in [-0.25, -0.2) is 0 Å². The zero-order valence-corrected chi connectivity index (χ0v) is 11.6. The van der Waals surface area contributed by atoms with Crippen LogP contribution < -0.4 is 43.7 Å². The molecule has 4 heteroatoms. The summed E-state index contributed by atoms with van der Waals surface area (Å²) in [5.74, 6) is 0. The van der Waals surface area contributed by atoms with Crippen molar-refractivity contribution in [3.8, 4) is 0 Å². The molecule has 0 bridgehead atoms. The van der Waals surface area contributed by atoms with Crippen molar-refractivity contribution in [1.82, 2.24) is 0 Å². The molecule has 0 nitrogen and oxygen atoms in total. The van der Waals surface area contributed by atoms with Gasteiger partial charge in [0.1, 0.15) is 0 Å². The third kappa shape index (κ3) is 5.40. The van der Waals surface area contributed by atoms with Gasteiger partial charge in [-0.3, -0.25) is 0 Å². The first-order chi connectivity index (χ1) is 5.36. The van der Waals surface area contributed by atoms with E-state index in [4.69, 9.17) is 0 Å². The number of fused-ring (bicyclic) bond motifs is 1. The molecule has 0 aromatic heterocycles. The maximum Gasteiger partial charge on any atom is 2.00 e. The smallest absolute Gasteiger partial charge is 1.00 e. The summed E-state index contributed by atoms with van der Waals surface area (Å²) < 4.78 is 0. The largest absolute Gasteiger partial charge is 2.00 e. The molecule has 0 fully saturated rings.